The largest absolute Gasteiger partial charge is 0.286 e. The summed E-state index contributed by atoms with van der Waals surface area (Å²) in [6, 6.07) is 20.1. The van der Waals surface area contributed by atoms with Gasteiger partial charge >= 0.3 is 0 Å². The van der Waals surface area contributed by atoms with Crippen LogP contribution in [0.5, 0.6) is 0 Å². The first-order valence-electron chi connectivity index (χ1n) is 7.48. The molecule has 0 bridgehead atoms. The van der Waals surface area contributed by atoms with Gasteiger partial charge in [-0.25, -0.2) is 9.98 Å². The third-order valence-electron chi connectivity index (χ3n) is 3.51. The van der Waals surface area contributed by atoms with E-state index in [-0.39, 0.29) is 0 Å². The minimum Gasteiger partial charge on any atom is -0.286 e. The molecule has 0 atom stereocenters. The SMILES string of the molecule is CC(C)c1cnc(=Nc2ccccc2)n(-c2ccccc2)c1. The normalized spacial score (nSPS) is 11.9. The topological polar surface area (TPSA) is 30.2 Å². The van der Waals surface area contributed by atoms with E-state index in [0.29, 0.717) is 11.5 Å². The number of benzene rings is 2. The molecule has 3 heteroatoms. The zero-order chi connectivity index (χ0) is 15.4. The Balaban J connectivity index is 2.20. The quantitative estimate of drug-likeness (QED) is 0.709. The van der Waals surface area contributed by atoms with Crippen molar-refractivity contribution in [3.05, 3.63) is 84.2 Å². The number of nitrogens with zero attached hydrogens (tertiary/aromatic N) is 3. The molecule has 3 aromatic rings. The first-order valence-corrected chi connectivity index (χ1v) is 7.48. The number of rotatable bonds is 3. The highest BCUT2D eigenvalue weighted by Crippen LogP contribution is 2.14. The average Bonchev–Trinajstić information content (AvgIpc) is 2.57. The fraction of sp³-hybridized carbons (Fsp3) is 0.158. The molecule has 0 amide bonds. The smallest absolute Gasteiger partial charge is 0.234 e. The van der Waals surface area contributed by atoms with Crippen LogP contribution in [0.25, 0.3) is 5.69 Å². The van der Waals surface area contributed by atoms with Gasteiger partial charge in [0.05, 0.1) is 5.69 Å². The van der Waals surface area contributed by atoms with Crippen LogP contribution in [0.2, 0.25) is 0 Å². The van der Waals surface area contributed by atoms with Gasteiger partial charge in [0.25, 0.3) is 0 Å². The summed E-state index contributed by atoms with van der Waals surface area (Å²) in [5.74, 6) is 0.424. The maximum atomic E-state index is 4.67. The minimum absolute atomic E-state index is 0.424. The van der Waals surface area contributed by atoms with E-state index in [1.54, 1.807) is 0 Å². The van der Waals surface area contributed by atoms with Crippen molar-refractivity contribution < 1.29 is 0 Å². The van der Waals surface area contributed by atoms with E-state index in [2.05, 4.69) is 42.2 Å². The van der Waals surface area contributed by atoms with Crippen molar-refractivity contribution in [3.63, 3.8) is 0 Å². The zero-order valence-corrected chi connectivity index (χ0v) is 12.8. The van der Waals surface area contributed by atoms with Gasteiger partial charge in [-0.05, 0) is 35.7 Å². The second-order valence-electron chi connectivity index (χ2n) is 5.49. The van der Waals surface area contributed by atoms with Crippen LogP contribution in [0, 0.1) is 0 Å². The molecule has 3 rings (SSSR count). The first-order chi connectivity index (χ1) is 10.7. The van der Waals surface area contributed by atoms with Crippen LogP contribution in [-0.2, 0) is 0 Å². The Morgan fingerprint density at radius 2 is 1.55 bits per heavy atom. The number of hydrogen-bond acceptors (Lipinski definition) is 2. The van der Waals surface area contributed by atoms with Crippen molar-refractivity contribution in [3.8, 4) is 5.69 Å². The molecular weight excluding hydrogens is 270 g/mol. The molecule has 0 spiro atoms. The van der Waals surface area contributed by atoms with Crippen LogP contribution >= 0.6 is 0 Å². The molecule has 1 aromatic heterocycles. The maximum absolute atomic E-state index is 4.67. The molecule has 22 heavy (non-hydrogen) atoms. The van der Waals surface area contributed by atoms with Crippen molar-refractivity contribution in [1.29, 1.82) is 0 Å². The van der Waals surface area contributed by atoms with E-state index in [1.165, 1.54) is 5.56 Å². The Hall–Kier alpha value is -2.68. The van der Waals surface area contributed by atoms with Crippen molar-refractivity contribution in [2.45, 2.75) is 19.8 Å². The molecule has 1 heterocycles. The lowest BCUT2D eigenvalue weighted by molar-refractivity contribution is 0.791. The summed E-state index contributed by atoms with van der Waals surface area (Å²) in [5.41, 5.74) is 3.84. The number of para-hydroxylation sites is 2. The predicted molar refractivity (Wildman–Crippen MR) is 89.3 cm³/mol. The summed E-state index contributed by atoms with van der Waals surface area (Å²) in [6.07, 6.45) is 4.03. The molecule has 3 nitrogen and oxygen atoms in total. The Labute approximate surface area is 130 Å². The van der Waals surface area contributed by atoms with Crippen LogP contribution in [0.4, 0.5) is 5.69 Å². The summed E-state index contributed by atoms with van der Waals surface area (Å²) in [4.78, 5) is 9.24. The molecule has 0 aliphatic carbocycles. The van der Waals surface area contributed by atoms with Crippen molar-refractivity contribution in [1.82, 2.24) is 9.55 Å². The zero-order valence-electron chi connectivity index (χ0n) is 12.8. The maximum Gasteiger partial charge on any atom is 0.234 e. The summed E-state index contributed by atoms with van der Waals surface area (Å²) in [6.45, 7) is 4.33. The molecular formula is C19H19N3. The van der Waals surface area contributed by atoms with Gasteiger partial charge in [0.15, 0.2) is 0 Å². The molecule has 0 unspecified atom stereocenters. The molecule has 0 aliphatic heterocycles. The third kappa shape index (κ3) is 3.14. The van der Waals surface area contributed by atoms with Gasteiger partial charge < -0.3 is 0 Å². The minimum atomic E-state index is 0.424. The third-order valence-corrected chi connectivity index (χ3v) is 3.51. The van der Waals surface area contributed by atoms with Gasteiger partial charge in [0, 0.05) is 18.1 Å². The molecule has 0 fully saturated rings. The first kappa shape index (κ1) is 14.3. The molecule has 0 N–H and O–H groups in total. The van der Waals surface area contributed by atoms with Crippen LogP contribution in [0.15, 0.2) is 78.0 Å². The monoisotopic (exact) mass is 289 g/mol. The van der Waals surface area contributed by atoms with E-state index in [4.69, 9.17) is 0 Å². The molecule has 0 radical (unpaired) electrons. The summed E-state index contributed by atoms with van der Waals surface area (Å²) >= 11 is 0. The lowest BCUT2D eigenvalue weighted by Crippen LogP contribution is -2.23. The van der Waals surface area contributed by atoms with Crippen molar-refractivity contribution in [2.24, 2.45) is 4.99 Å². The van der Waals surface area contributed by atoms with E-state index < -0.39 is 0 Å². The summed E-state index contributed by atoms with van der Waals surface area (Å²) in [5, 5.41) is 0. The van der Waals surface area contributed by atoms with Gasteiger partial charge in [-0.2, -0.15) is 0 Å². The highest BCUT2D eigenvalue weighted by Gasteiger charge is 2.04. The highest BCUT2D eigenvalue weighted by atomic mass is 15.1. The Morgan fingerprint density at radius 1 is 0.909 bits per heavy atom. The Kier molecular flexibility index (Phi) is 4.15. The van der Waals surface area contributed by atoms with Crippen LogP contribution < -0.4 is 5.62 Å². The van der Waals surface area contributed by atoms with E-state index in [9.17, 15) is 0 Å². The molecule has 110 valence electrons. The summed E-state index contributed by atoms with van der Waals surface area (Å²) < 4.78 is 2.04. The van der Waals surface area contributed by atoms with Gasteiger partial charge in [-0.1, -0.05) is 50.2 Å². The van der Waals surface area contributed by atoms with Crippen molar-refractivity contribution >= 4 is 5.69 Å². The number of aromatic nitrogens is 2. The number of hydrogen-bond donors (Lipinski definition) is 0. The lowest BCUT2D eigenvalue weighted by atomic mass is 10.1. The molecule has 0 saturated carbocycles. The predicted octanol–water partition coefficient (Wildman–Crippen LogP) is 4.23. The Bertz CT molecular complexity index is 803. The Morgan fingerprint density at radius 3 is 2.18 bits per heavy atom. The van der Waals surface area contributed by atoms with E-state index in [0.717, 1.165) is 11.4 Å². The molecule has 0 aliphatic rings. The van der Waals surface area contributed by atoms with Gasteiger partial charge in [-0.3, -0.25) is 4.57 Å². The lowest BCUT2D eigenvalue weighted by Gasteiger charge is -2.11. The van der Waals surface area contributed by atoms with Crippen LogP contribution in [0.1, 0.15) is 25.3 Å². The van der Waals surface area contributed by atoms with Gasteiger partial charge in [0.1, 0.15) is 0 Å². The second kappa shape index (κ2) is 6.39. The molecule has 0 saturated heterocycles. The standard InChI is InChI=1S/C19H19N3/c1-15(2)16-13-20-19(21-17-9-5-3-6-10-17)22(14-16)18-11-7-4-8-12-18/h3-15H,1-2H3. The van der Waals surface area contributed by atoms with E-state index in [1.807, 2.05) is 59.3 Å². The highest BCUT2D eigenvalue weighted by molar-refractivity contribution is 5.37. The van der Waals surface area contributed by atoms with Crippen LogP contribution in [0.3, 0.4) is 0 Å². The van der Waals surface area contributed by atoms with Crippen molar-refractivity contribution in [2.75, 3.05) is 0 Å². The fourth-order valence-electron chi connectivity index (χ4n) is 2.21. The summed E-state index contributed by atoms with van der Waals surface area (Å²) in [7, 11) is 0. The average molecular weight is 289 g/mol. The van der Waals surface area contributed by atoms with Gasteiger partial charge in [0.2, 0.25) is 5.62 Å². The van der Waals surface area contributed by atoms with E-state index >= 15 is 0 Å². The van der Waals surface area contributed by atoms with Gasteiger partial charge in [-0.15, -0.1) is 0 Å². The molecule has 2 aromatic carbocycles. The second-order valence-corrected chi connectivity index (χ2v) is 5.49. The fourth-order valence-corrected chi connectivity index (χ4v) is 2.21. The van der Waals surface area contributed by atoms with Crippen LogP contribution in [-0.4, -0.2) is 9.55 Å².